The molecule has 0 spiro atoms. The number of fused-ring (bicyclic) bond motifs is 1. The predicted molar refractivity (Wildman–Crippen MR) is 97.8 cm³/mol. The Bertz CT molecular complexity index is 738. The highest BCUT2D eigenvalue weighted by Crippen LogP contribution is 2.65. The summed E-state index contributed by atoms with van der Waals surface area (Å²) < 4.78 is 5.50. The van der Waals surface area contributed by atoms with Crippen LogP contribution in [-0.2, 0) is 10.2 Å². The Hall–Kier alpha value is -1.44. The standard InChI is InChI=1S/C19H22Cl2N2O2/c1-18(2,3)25-17(24)23-9-6-13-14(11-23)19(13,7-8-22)12-4-5-15(20)16(21)10-12/h4-5,10,13-14H,6-7,9,11H2,1-3H3/t13?,14?,19-/m1/s1. The van der Waals surface area contributed by atoms with Crippen LogP contribution in [0.25, 0.3) is 0 Å². The van der Waals surface area contributed by atoms with Crippen LogP contribution in [0.2, 0.25) is 10.0 Å². The lowest BCUT2D eigenvalue weighted by atomic mass is 9.88. The summed E-state index contributed by atoms with van der Waals surface area (Å²) in [4.78, 5) is 14.1. The van der Waals surface area contributed by atoms with E-state index in [1.807, 2.05) is 32.9 Å². The molecule has 1 aliphatic heterocycles. The molecule has 1 aromatic rings. The number of hydrogen-bond acceptors (Lipinski definition) is 3. The summed E-state index contributed by atoms with van der Waals surface area (Å²) in [7, 11) is 0. The summed E-state index contributed by atoms with van der Waals surface area (Å²) in [6, 6.07) is 7.95. The average molecular weight is 381 g/mol. The summed E-state index contributed by atoms with van der Waals surface area (Å²) in [5, 5.41) is 10.4. The van der Waals surface area contributed by atoms with Crippen LogP contribution in [0, 0.1) is 23.2 Å². The van der Waals surface area contributed by atoms with Gasteiger partial charge in [-0.05, 0) is 56.7 Å². The largest absolute Gasteiger partial charge is 0.444 e. The number of benzene rings is 1. The Morgan fingerprint density at radius 2 is 2.08 bits per heavy atom. The molecule has 3 atom stereocenters. The zero-order valence-corrected chi connectivity index (χ0v) is 16.2. The number of carbonyl (C=O) groups excluding carboxylic acids is 1. The van der Waals surface area contributed by atoms with Crippen molar-refractivity contribution < 1.29 is 9.53 Å². The van der Waals surface area contributed by atoms with E-state index in [1.54, 1.807) is 11.0 Å². The first-order chi connectivity index (χ1) is 11.7. The average Bonchev–Trinajstić information content (AvgIpc) is 3.16. The quantitative estimate of drug-likeness (QED) is 0.722. The molecule has 2 aliphatic rings. The van der Waals surface area contributed by atoms with Crippen molar-refractivity contribution in [2.24, 2.45) is 11.8 Å². The maximum Gasteiger partial charge on any atom is 0.410 e. The summed E-state index contributed by atoms with van der Waals surface area (Å²) in [5.74, 6) is 0.647. The van der Waals surface area contributed by atoms with Crippen molar-refractivity contribution in [1.29, 1.82) is 5.26 Å². The van der Waals surface area contributed by atoms with E-state index >= 15 is 0 Å². The third kappa shape index (κ3) is 3.32. The Labute approximate surface area is 158 Å². The normalized spacial score (nSPS) is 28.1. The van der Waals surface area contributed by atoms with Crippen LogP contribution in [0.4, 0.5) is 4.79 Å². The second-order valence-electron chi connectivity index (χ2n) is 7.93. The van der Waals surface area contributed by atoms with Crippen molar-refractivity contribution in [2.75, 3.05) is 13.1 Å². The number of halogens is 2. The molecule has 2 unspecified atom stereocenters. The highest BCUT2D eigenvalue weighted by Gasteiger charge is 2.66. The van der Waals surface area contributed by atoms with Crippen molar-refractivity contribution in [1.82, 2.24) is 4.90 Å². The van der Waals surface area contributed by atoms with Gasteiger partial charge in [-0.15, -0.1) is 0 Å². The molecule has 4 nitrogen and oxygen atoms in total. The lowest BCUT2D eigenvalue weighted by Gasteiger charge is -2.29. The van der Waals surface area contributed by atoms with Crippen molar-refractivity contribution in [3.8, 4) is 6.07 Å². The Morgan fingerprint density at radius 3 is 2.68 bits per heavy atom. The highest BCUT2D eigenvalue weighted by atomic mass is 35.5. The topological polar surface area (TPSA) is 53.3 Å². The molecule has 0 aromatic heterocycles. The van der Waals surface area contributed by atoms with Gasteiger partial charge in [0, 0.05) is 24.9 Å². The molecule has 0 bridgehead atoms. The Kier molecular flexibility index (Phi) is 4.68. The van der Waals surface area contributed by atoms with E-state index in [-0.39, 0.29) is 17.4 Å². The first-order valence-electron chi connectivity index (χ1n) is 8.49. The van der Waals surface area contributed by atoms with Crippen LogP contribution in [0.1, 0.15) is 39.2 Å². The van der Waals surface area contributed by atoms with Gasteiger partial charge in [0.2, 0.25) is 0 Å². The van der Waals surface area contributed by atoms with Gasteiger partial charge in [0.1, 0.15) is 5.60 Å². The van der Waals surface area contributed by atoms with Gasteiger partial charge in [-0.1, -0.05) is 29.3 Å². The fraction of sp³-hybridized carbons (Fsp3) is 0.579. The van der Waals surface area contributed by atoms with Crippen LogP contribution in [0.3, 0.4) is 0 Å². The molecule has 1 amide bonds. The van der Waals surface area contributed by atoms with Gasteiger partial charge in [-0.2, -0.15) is 5.26 Å². The van der Waals surface area contributed by atoms with Crippen molar-refractivity contribution in [3.63, 3.8) is 0 Å². The third-order valence-corrected chi connectivity index (χ3v) is 6.05. The number of nitrogens with zero attached hydrogens (tertiary/aromatic N) is 2. The molecule has 3 rings (SSSR count). The molecule has 1 aliphatic carbocycles. The van der Waals surface area contributed by atoms with Crippen LogP contribution in [0.5, 0.6) is 0 Å². The monoisotopic (exact) mass is 380 g/mol. The van der Waals surface area contributed by atoms with Crippen LogP contribution >= 0.6 is 23.2 Å². The molecular formula is C19H22Cl2N2O2. The van der Waals surface area contributed by atoms with Gasteiger partial charge >= 0.3 is 6.09 Å². The number of hydrogen-bond donors (Lipinski definition) is 0. The fourth-order valence-corrected chi connectivity index (χ4v) is 4.48. The first kappa shape index (κ1) is 18.4. The van der Waals surface area contributed by atoms with Gasteiger partial charge in [-0.25, -0.2) is 4.79 Å². The molecule has 134 valence electrons. The SMILES string of the molecule is CC(C)(C)OC(=O)N1CCC2C(C1)[C@]2(CC#N)c1ccc(Cl)c(Cl)c1. The van der Waals surface area contributed by atoms with Crippen LogP contribution in [-0.4, -0.2) is 29.7 Å². The van der Waals surface area contributed by atoms with E-state index in [1.165, 1.54) is 0 Å². The van der Waals surface area contributed by atoms with Gasteiger partial charge < -0.3 is 9.64 Å². The molecule has 25 heavy (non-hydrogen) atoms. The van der Waals surface area contributed by atoms with E-state index in [4.69, 9.17) is 27.9 Å². The molecule has 1 saturated carbocycles. The second kappa shape index (κ2) is 6.37. The number of rotatable bonds is 2. The molecular weight excluding hydrogens is 359 g/mol. The number of likely N-dealkylation sites (tertiary alicyclic amines) is 1. The summed E-state index contributed by atoms with van der Waals surface area (Å²) in [6.45, 7) is 6.87. The van der Waals surface area contributed by atoms with Crippen molar-refractivity contribution in [3.05, 3.63) is 33.8 Å². The minimum Gasteiger partial charge on any atom is -0.444 e. The lowest BCUT2D eigenvalue weighted by Crippen LogP contribution is -2.40. The van der Waals surface area contributed by atoms with E-state index in [2.05, 4.69) is 6.07 Å². The molecule has 0 N–H and O–H groups in total. The summed E-state index contributed by atoms with van der Waals surface area (Å²) in [5.41, 5.74) is 0.300. The van der Waals surface area contributed by atoms with E-state index in [0.29, 0.717) is 35.5 Å². The first-order valence-corrected chi connectivity index (χ1v) is 9.25. The second-order valence-corrected chi connectivity index (χ2v) is 8.75. The molecule has 1 heterocycles. The molecule has 2 fully saturated rings. The number of piperidine rings is 1. The predicted octanol–water partition coefficient (Wildman–Crippen LogP) is 5.03. The molecule has 1 saturated heterocycles. The Morgan fingerprint density at radius 1 is 1.36 bits per heavy atom. The van der Waals surface area contributed by atoms with E-state index < -0.39 is 5.60 Å². The fourth-order valence-electron chi connectivity index (χ4n) is 4.18. The number of carbonyl (C=O) groups is 1. The minimum atomic E-state index is -0.509. The molecule has 0 radical (unpaired) electrons. The maximum absolute atomic E-state index is 12.4. The van der Waals surface area contributed by atoms with Crippen molar-refractivity contribution in [2.45, 2.75) is 44.6 Å². The van der Waals surface area contributed by atoms with E-state index in [9.17, 15) is 10.1 Å². The minimum absolute atomic E-state index is 0.236. The summed E-state index contributed by atoms with van der Waals surface area (Å²) >= 11 is 12.2. The Balaban J connectivity index is 1.82. The zero-order chi connectivity index (χ0) is 18.4. The van der Waals surface area contributed by atoms with Crippen molar-refractivity contribution >= 4 is 29.3 Å². The molecule has 6 heteroatoms. The number of nitriles is 1. The number of ether oxygens (including phenoxy) is 1. The zero-order valence-electron chi connectivity index (χ0n) is 14.7. The lowest BCUT2D eigenvalue weighted by molar-refractivity contribution is 0.0206. The highest BCUT2D eigenvalue weighted by molar-refractivity contribution is 6.42. The van der Waals surface area contributed by atoms with E-state index in [0.717, 1.165) is 12.0 Å². The smallest absolute Gasteiger partial charge is 0.410 e. The summed E-state index contributed by atoms with van der Waals surface area (Å²) in [6.07, 6.45) is 1.01. The van der Waals surface area contributed by atoms with Crippen LogP contribution in [0.15, 0.2) is 18.2 Å². The van der Waals surface area contributed by atoms with Gasteiger partial charge in [-0.3, -0.25) is 0 Å². The van der Waals surface area contributed by atoms with Gasteiger partial charge in [0.15, 0.2) is 0 Å². The molecule has 1 aromatic carbocycles. The maximum atomic E-state index is 12.4. The van der Waals surface area contributed by atoms with Gasteiger partial charge in [0.05, 0.1) is 16.1 Å². The van der Waals surface area contributed by atoms with Crippen LogP contribution < -0.4 is 0 Å². The number of amides is 1. The third-order valence-electron chi connectivity index (χ3n) is 5.31. The van der Waals surface area contributed by atoms with Gasteiger partial charge in [0.25, 0.3) is 0 Å².